The maximum Gasteiger partial charge on any atom is 0.0574 e. The van der Waals surface area contributed by atoms with Crippen molar-refractivity contribution in [1.82, 2.24) is 10.2 Å². The predicted octanol–water partition coefficient (Wildman–Crippen LogP) is 1.17. The predicted molar refractivity (Wildman–Crippen MR) is 57.8 cm³/mol. The third kappa shape index (κ3) is 1.90. The molecular weight excluding hydrogens is 172 g/mol. The number of rotatable bonds is 0. The molecule has 0 bridgehead atoms. The Balaban J connectivity index is 2.71. The average Bonchev–Trinajstić information content (AvgIpc) is 2.30. The van der Waals surface area contributed by atoms with Crippen molar-refractivity contribution in [2.45, 2.75) is 26.2 Å². The van der Waals surface area contributed by atoms with E-state index in [2.05, 4.69) is 35.3 Å². The zero-order chi connectivity index (χ0) is 9.80. The minimum atomic E-state index is 1.15. The van der Waals surface area contributed by atoms with Crippen LogP contribution in [0.4, 0.5) is 0 Å². The average molecular weight is 186 g/mol. The molecule has 1 aromatic heterocycles. The smallest absolute Gasteiger partial charge is 0.0574 e. The van der Waals surface area contributed by atoms with E-state index in [1.54, 1.807) is 0 Å². The first kappa shape index (κ1) is 9.13. The van der Waals surface area contributed by atoms with Crippen molar-refractivity contribution in [3.05, 3.63) is 35.0 Å². The Labute approximate surface area is 83.7 Å². The van der Waals surface area contributed by atoms with E-state index in [-0.39, 0.29) is 0 Å². The molecule has 0 unspecified atom stereocenters. The first-order valence-electron chi connectivity index (χ1n) is 5.01. The lowest BCUT2D eigenvalue weighted by Gasteiger charge is -1.98. The van der Waals surface area contributed by atoms with Gasteiger partial charge in [-0.15, -0.1) is 0 Å². The Bertz CT molecular complexity index is 457. The van der Waals surface area contributed by atoms with E-state index in [1.807, 2.05) is 12.4 Å². The van der Waals surface area contributed by atoms with Crippen LogP contribution in [0.5, 0.6) is 0 Å². The first-order chi connectivity index (χ1) is 6.88. The molecule has 0 atom stereocenters. The fourth-order valence-electron chi connectivity index (χ4n) is 1.71. The van der Waals surface area contributed by atoms with Gasteiger partial charge < -0.3 is 0 Å². The van der Waals surface area contributed by atoms with Crippen molar-refractivity contribution in [1.29, 1.82) is 0 Å². The van der Waals surface area contributed by atoms with E-state index in [0.717, 1.165) is 12.8 Å². The molecule has 0 saturated heterocycles. The van der Waals surface area contributed by atoms with Gasteiger partial charge in [-0.05, 0) is 26.2 Å². The van der Waals surface area contributed by atoms with E-state index < -0.39 is 0 Å². The summed E-state index contributed by atoms with van der Waals surface area (Å²) >= 11 is 0. The van der Waals surface area contributed by atoms with Crippen LogP contribution in [0.25, 0.3) is 11.6 Å². The minimum Gasteiger partial charge on any atom is -0.158 e. The SMILES string of the molecule is C\C1=c2/cnnc/c2=C/C=C\CCC1. The molecular formula is C12H14N2. The zero-order valence-corrected chi connectivity index (χ0v) is 8.40. The molecule has 2 heteroatoms. The highest BCUT2D eigenvalue weighted by atomic mass is 15.1. The van der Waals surface area contributed by atoms with Crippen molar-refractivity contribution < 1.29 is 0 Å². The summed E-state index contributed by atoms with van der Waals surface area (Å²) in [5.74, 6) is 0. The molecule has 1 heterocycles. The Kier molecular flexibility index (Phi) is 2.73. The van der Waals surface area contributed by atoms with Crippen LogP contribution in [0, 0.1) is 0 Å². The van der Waals surface area contributed by atoms with Gasteiger partial charge in [-0.1, -0.05) is 23.8 Å². The second kappa shape index (κ2) is 4.18. The normalized spacial score (nSPS) is 24.8. The highest BCUT2D eigenvalue weighted by molar-refractivity contribution is 5.45. The van der Waals surface area contributed by atoms with E-state index in [0.29, 0.717) is 0 Å². The molecule has 0 aromatic carbocycles. The van der Waals surface area contributed by atoms with Crippen LogP contribution in [-0.4, -0.2) is 10.2 Å². The lowest BCUT2D eigenvalue weighted by Crippen LogP contribution is -2.27. The number of hydrogen-bond acceptors (Lipinski definition) is 2. The summed E-state index contributed by atoms with van der Waals surface area (Å²) in [5.41, 5.74) is 1.41. The largest absolute Gasteiger partial charge is 0.158 e. The van der Waals surface area contributed by atoms with Gasteiger partial charge in [0.15, 0.2) is 0 Å². The van der Waals surface area contributed by atoms with Crippen LogP contribution in [0.15, 0.2) is 24.5 Å². The molecule has 0 amide bonds. The van der Waals surface area contributed by atoms with Crippen molar-refractivity contribution >= 4 is 11.6 Å². The molecule has 0 spiro atoms. The van der Waals surface area contributed by atoms with Crippen molar-refractivity contribution in [2.24, 2.45) is 0 Å². The van der Waals surface area contributed by atoms with Gasteiger partial charge in [0.1, 0.15) is 0 Å². The van der Waals surface area contributed by atoms with Crippen LogP contribution in [-0.2, 0) is 0 Å². The zero-order valence-electron chi connectivity index (χ0n) is 8.40. The third-order valence-corrected chi connectivity index (χ3v) is 2.56. The molecule has 2 nitrogen and oxygen atoms in total. The van der Waals surface area contributed by atoms with Gasteiger partial charge in [0.05, 0.1) is 12.4 Å². The third-order valence-electron chi connectivity index (χ3n) is 2.56. The summed E-state index contributed by atoms with van der Waals surface area (Å²) in [5, 5.41) is 10.3. The Hall–Kier alpha value is -1.44. The fourth-order valence-corrected chi connectivity index (χ4v) is 1.71. The second-order valence-corrected chi connectivity index (χ2v) is 3.63. The summed E-state index contributed by atoms with van der Waals surface area (Å²) in [6.45, 7) is 2.18. The quantitative estimate of drug-likeness (QED) is 0.608. The van der Waals surface area contributed by atoms with Gasteiger partial charge in [-0.25, -0.2) is 0 Å². The number of aromatic nitrogens is 2. The van der Waals surface area contributed by atoms with Crippen LogP contribution >= 0.6 is 0 Å². The summed E-state index contributed by atoms with van der Waals surface area (Å²) in [4.78, 5) is 0. The van der Waals surface area contributed by atoms with Crippen LogP contribution < -0.4 is 10.4 Å². The number of allylic oxidation sites excluding steroid dienone is 2. The molecule has 0 aliphatic heterocycles. The standard InChI is InChI=1S/C12H14N2/c1-10-6-4-2-3-5-7-11-8-13-14-9-12(10)11/h3,5,7-9H,2,4,6H2,1H3/b5-3-,11-7-,12-10-. The molecule has 72 valence electrons. The van der Waals surface area contributed by atoms with Gasteiger partial charge in [0.2, 0.25) is 0 Å². The summed E-state index contributed by atoms with van der Waals surface area (Å²) in [6, 6.07) is 0. The molecule has 0 saturated carbocycles. The topological polar surface area (TPSA) is 25.8 Å². The number of nitrogens with zero attached hydrogens (tertiary/aromatic N) is 2. The van der Waals surface area contributed by atoms with E-state index in [4.69, 9.17) is 0 Å². The van der Waals surface area contributed by atoms with Gasteiger partial charge in [-0.3, -0.25) is 0 Å². The first-order valence-corrected chi connectivity index (χ1v) is 5.01. The van der Waals surface area contributed by atoms with Gasteiger partial charge >= 0.3 is 0 Å². The molecule has 0 radical (unpaired) electrons. The lowest BCUT2D eigenvalue weighted by molar-refractivity contribution is 0.871. The number of fused-ring (bicyclic) bond motifs is 1. The monoisotopic (exact) mass is 186 g/mol. The maximum absolute atomic E-state index is 3.94. The highest BCUT2D eigenvalue weighted by Crippen LogP contribution is 2.06. The Morgan fingerprint density at radius 2 is 2.07 bits per heavy atom. The Morgan fingerprint density at radius 3 is 3.00 bits per heavy atom. The highest BCUT2D eigenvalue weighted by Gasteiger charge is 1.95. The summed E-state index contributed by atoms with van der Waals surface area (Å²) in [7, 11) is 0. The Morgan fingerprint density at radius 1 is 1.21 bits per heavy atom. The van der Waals surface area contributed by atoms with Crippen molar-refractivity contribution in [3.63, 3.8) is 0 Å². The molecule has 0 fully saturated rings. The lowest BCUT2D eigenvalue weighted by atomic mass is 10.1. The fraction of sp³-hybridized carbons (Fsp3) is 0.333. The summed E-state index contributed by atoms with van der Waals surface area (Å²) < 4.78 is 0. The molecule has 1 aliphatic carbocycles. The number of hydrogen-bond donors (Lipinski definition) is 0. The van der Waals surface area contributed by atoms with Crippen LogP contribution in [0.1, 0.15) is 26.2 Å². The van der Waals surface area contributed by atoms with Crippen LogP contribution in [0.3, 0.4) is 0 Å². The second-order valence-electron chi connectivity index (χ2n) is 3.63. The molecule has 0 N–H and O–H groups in total. The molecule has 14 heavy (non-hydrogen) atoms. The van der Waals surface area contributed by atoms with Gasteiger partial charge in [-0.2, -0.15) is 10.2 Å². The van der Waals surface area contributed by atoms with Crippen molar-refractivity contribution in [3.8, 4) is 0 Å². The molecule has 1 aromatic rings. The van der Waals surface area contributed by atoms with Crippen LogP contribution in [0.2, 0.25) is 0 Å². The molecule has 1 aliphatic rings. The van der Waals surface area contributed by atoms with E-state index in [9.17, 15) is 0 Å². The van der Waals surface area contributed by atoms with E-state index in [1.165, 1.54) is 22.4 Å². The maximum atomic E-state index is 3.94. The minimum absolute atomic E-state index is 1.15. The molecule has 2 rings (SSSR count). The van der Waals surface area contributed by atoms with Crippen molar-refractivity contribution in [2.75, 3.05) is 0 Å². The van der Waals surface area contributed by atoms with Gasteiger partial charge in [0, 0.05) is 10.4 Å². The van der Waals surface area contributed by atoms with E-state index >= 15 is 0 Å². The summed E-state index contributed by atoms with van der Waals surface area (Å²) in [6.07, 6.45) is 13.6. The van der Waals surface area contributed by atoms with Gasteiger partial charge in [0.25, 0.3) is 0 Å².